The number of β-lactam (4-membered cyclic amide) rings is 1. The fraction of sp³-hybridized carbons (Fsp3) is 0.600. The number of carbonyl (C=O) groups excluding carboxylic acids is 1. The molecule has 0 spiro atoms. The van der Waals surface area contributed by atoms with Crippen molar-refractivity contribution < 1.29 is 9.22 Å². The Balaban J connectivity index is 2.11. The second kappa shape index (κ2) is 7.70. The summed E-state index contributed by atoms with van der Waals surface area (Å²) in [4.78, 5) is 13.1. The fourth-order valence-electron chi connectivity index (χ4n) is 3.11. The van der Waals surface area contributed by atoms with Crippen molar-refractivity contribution >= 4 is 42.9 Å². The molecule has 26 heavy (non-hydrogen) atoms. The molecule has 1 aliphatic heterocycles. The molecule has 1 amide bonds. The monoisotopic (exact) mass is 411 g/mol. The van der Waals surface area contributed by atoms with Crippen molar-refractivity contribution in [3.8, 4) is 0 Å². The highest BCUT2D eigenvalue weighted by atomic mass is 35.5. The minimum atomic E-state index is -1.93. The first kappa shape index (κ1) is 21.5. The zero-order valence-electron chi connectivity index (χ0n) is 16.7. The second-order valence-electron chi connectivity index (χ2n) is 8.80. The SMILES string of the molecule is C[C@@H](O[Si](C)(C)C(C)(C)C)[C@H]1C(=O)N[C@@H]1[C@@H](C)C(=S)c1ccc(Cl)cc1. The first-order chi connectivity index (χ1) is 11.8. The van der Waals surface area contributed by atoms with Gasteiger partial charge in [-0.05, 0) is 42.8 Å². The first-order valence-electron chi connectivity index (χ1n) is 9.13. The van der Waals surface area contributed by atoms with Gasteiger partial charge in [0.15, 0.2) is 8.32 Å². The summed E-state index contributed by atoms with van der Waals surface area (Å²) >= 11 is 11.6. The fourth-order valence-corrected chi connectivity index (χ4v) is 4.95. The molecule has 144 valence electrons. The second-order valence-corrected chi connectivity index (χ2v) is 14.4. The van der Waals surface area contributed by atoms with Gasteiger partial charge < -0.3 is 9.74 Å². The molecule has 1 aliphatic rings. The molecule has 4 atom stereocenters. The number of halogens is 1. The molecule has 6 heteroatoms. The Morgan fingerprint density at radius 2 is 1.77 bits per heavy atom. The number of amides is 1. The van der Waals surface area contributed by atoms with E-state index < -0.39 is 8.32 Å². The molecule has 3 nitrogen and oxygen atoms in total. The average molecular weight is 412 g/mol. The molecule has 0 aliphatic carbocycles. The third-order valence-corrected chi connectivity index (χ3v) is 11.3. The quantitative estimate of drug-likeness (QED) is 0.302. The Morgan fingerprint density at radius 1 is 1.23 bits per heavy atom. The van der Waals surface area contributed by atoms with E-state index in [0.717, 1.165) is 10.4 Å². The lowest BCUT2D eigenvalue weighted by Crippen LogP contribution is -2.66. The van der Waals surface area contributed by atoms with E-state index in [-0.39, 0.29) is 34.9 Å². The van der Waals surface area contributed by atoms with Gasteiger partial charge in [0.2, 0.25) is 5.91 Å². The van der Waals surface area contributed by atoms with Crippen molar-refractivity contribution in [2.45, 2.75) is 64.9 Å². The van der Waals surface area contributed by atoms with Crippen LogP contribution in [0.1, 0.15) is 40.2 Å². The molecule has 1 N–H and O–H groups in total. The zero-order chi connectivity index (χ0) is 19.9. The first-order valence-corrected chi connectivity index (χ1v) is 12.8. The number of thiocarbonyl (C=S) groups is 1. The third-order valence-electron chi connectivity index (χ3n) is 5.87. The minimum absolute atomic E-state index is 0.00504. The molecule has 1 saturated heterocycles. The number of carbonyl (C=O) groups is 1. The summed E-state index contributed by atoms with van der Waals surface area (Å²) in [6.07, 6.45) is -0.120. The van der Waals surface area contributed by atoms with E-state index in [1.807, 2.05) is 31.2 Å². The van der Waals surface area contributed by atoms with Gasteiger partial charge >= 0.3 is 0 Å². The lowest BCUT2D eigenvalue weighted by Gasteiger charge is -2.47. The maximum atomic E-state index is 12.3. The Bertz CT molecular complexity index is 684. The topological polar surface area (TPSA) is 38.3 Å². The van der Waals surface area contributed by atoms with Gasteiger partial charge in [0, 0.05) is 15.8 Å². The zero-order valence-corrected chi connectivity index (χ0v) is 19.3. The van der Waals surface area contributed by atoms with Crippen LogP contribution in [0.5, 0.6) is 0 Å². The van der Waals surface area contributed by atoms with E-state index in [9.17, 15) is 4.79 Å². The maximum absolute atomic E-state index is 12.3. The molecule has 1 heterocycles. The van der Waals surface area contributed by atoms with Gasteiger partial charge in [-0.1, -0.05) is 63.6 Å². The lowest BCUT2D eigenvalue weighted by atomic mass is 9.77. The van der Waals surface area contributed by atoms with Gasteiger partial charge in [-0.3, -0.25) is 4.79 Å². The summed E-state index contributed by atoms with van der Waals surface area (Å²) in [5, 5.41) is 3.85. The standard InChI is InChI=1S/C20H30ClNO2SSi/c1-12(18(25)14-8-10-15(21)11-9-14)17-16(19(23)22-17)13(2)24-26(6,7)20(3,4)5/h8-13,16-17H,1-7H3,(H,22,23)/t12-,13-,16-,17-/m1/s1. The smallest absolute Gasteiger partial charge is 0.228 e. The van der Waals surface area contributed by atoms with Gasteiger partial charge in [0.25, 0.3) is 0 Å². The van der Waals surface area contributed by atoms with E-state index >= 15 is 0 Å². The highest BCUT2D eigenvalue weighted by molar-refractivity contribution is 7.80. The van der Waals surface area contributed by atoms with Crippen LogP contribution in [0.4, 0.5) is 0 Å². The van der Waals surface area contributed by atoms with Crippen LogP contribution < -0.4 is 5.32 Å². The summed E-state index contributed by atoms with van der Waals surface area (Å²) in [6, 6.07) is 7.56. The molecule has 0 saturated carbocycles. The van der Waals surface area contributed by atoms with Crippen LogP contribution in [0.2, 0.25) is 23.2 Å². The van der Waals surface area contributed by atoms with E-state index in [0.29, 0.717) is 5.02 Å². The maximum Gasteiger partial charge on any atom is 0.228 e. The molecule has 1 aromatic carbocycles. The van der Waals surface area contributed by atoms with Crippen LogP contribution in [0.25, 0.3) is 0 Å². The van der Waals surface area contributed by atoms with Crippen molar-refractivity contribution in [1.29, 1.82) is 0 Å². The molecular weight excluding hydrogens is 382 g/mol. The normalized spacial score (nSPS) is 23.0. The van der Waals surface area contributed by atoms with E-state index in [1.54, 1.807) is 0 Å². The average Bonchev–Trinajstić information content (AvgIpc) is 2.50. The van der Waals surface area contributed by atoms with E-state index in [1.165, 1.54) is 0 Å². The minimum Gasteiger partial charge on any atom is -0.413 e. The van der Waals surface area contributed by atoms with Crippen molar-refractivity contribution in [3.05, 3.63) is 34.9 Å². The largest absolute Gasteiger partial charge is 0.413 e. The number of benzene rings is 1. The third kappa shape index (κ3) is 4.38. The molecule has 0 bridgehead atoms. The Labute approximate surface area is 169 Å². The van der Waals surface area contributed by atoms with Crippen LogP contribution in [-0.2, 0) is 9.22 Å². The van der Waals surface area contributed by atoms with E-state index in [2.05, 4.69) is 46.1 Å². The van der Waals surface area contributed by atoms with Gasteiger partial charge in [0.1, 0.15) is 0 Å². The molecule has 1 aromatic rings. The van der Waals surface area contributed by atoms with Crippen molar-refractivity contribution in [1.82, 2.24) is 5.32 Å². The van der Waals surface area contributed by atoms with Crippen LogP contribution in [0, 0.1) is 11.8 Å². The van der Waals surface area contributed by atoms with Gasteiger partial charge in [-0.2, -0.15) is 0 Å². The van der Waals surface area contributed by atoms with E-state index in [4.69, 9.17) is 28.2 Å². The van der Waals surface area contributed by atoms with Gasteiger partial charge in [-0.15, -0.1) is 0 Å². The Hall–Kier alpha value is -0.753. The highest BCUT2D eigenvalue weighted by Crippen LogP contribution is 2.39. The van der Waals surface area contributed by atoms with Crippen LogP contribution in [0.15, 0.2) is 24.3 Å². The predicted molar refractivity (Wildman–Crippen MR) is 115 cm³/mol. The van der Waals surface area contributed by atoms with Crippen molar-refractivity contribution in [2.24, 2.45) is 11.8 Å². The number of nitrogens with one attached hydrogen (secondary N) is 1. The summed E-state index contributed by atoms with van der Waals surface area (Å²) in [5.41, 5.74) is 0.981. The lowest BCUT2D eigenvalue weighted by molar-refractivity contribution is -0.140. The molecule has 1 fully saturated rings. The summed E-state index contributed by atoms with van der Waals surface area (Å²) < 4.78 is 6.48. The Kier molecular flexibility index (Phi) is 6.38. The molecule has 2 rings (SSSR count). The van der Waals surface area contributed by atoms with Crippen LogP contribution in [-0.4, -0.2) is 31.2 Å². The number of hydrogen-bond donors (Lipinski definition) is 1. The Morgan fingerprint density at radius 3 is 2.23 bits per heavy atom. The molecule has 0 aromatic heterocycles. The van der Waals surface area contributed by atoms with Crippen molar-refractivity contribution in [2.75, 3.05) is 0 Å². The summed E-state index contributed by atoms with van der Waals surface area (Å²) in [5.74, 6) is -0.0457. The van der Waals surface area contributed by atoms with Gasteiger partial charge in [-0.25, -0.2) is 0 Å². The number of hydrogen-bond acceptors (Lipinski definition) is 3. The van der Waals surface area contributed by atoms with Crippen molar-refractivity contribution in [3.63, 3.8) is 0 Å². The van der Waals surface area contributed by atoms with Crippen LogP contribution >= 0.6 is 23.8 Å². The molecule has 0 unspecified atom stereocenters. The number of rotatable bonds is 6. The molecule has 0 radical (unpaired) electrons. The molecular formula is C20H30ClNO2SSi. The van der Waals surface area contributed by atoms with Gasteiger partial charge in [0.05, 0.1) is 18.1 Å². The summed E-state index contributed by atoms with van der Waals surface area (Å²) in [6.45, 7) is 15.2. The van der Waals surface area contributed by atoms with Crippen LogP contribution in [0.3, 0.4) is 0 Å². The highest BCUT2D eigenvalue weighted by Gasteiger charge is 2.49. The summed E-state index contributed by atoms with van der Waals surface area (Å²) in [7, 11) is -1.93. The predicted octanol–water partition coefficient (Wildman–Crippen LogP) is 5.22.